The van der Waals surface area contributed by atoms with Crippen LogP contribution >= 0.6 is 0 Å². The minimum atomic E-state index is -0.531. The summed E-state index contributed by atoms with van der Waals surface area (Å²) in [5.41, 5.74) is 0. The molecule has 0 amide bonds. The zero-order chi connectivity index (χ0) is 46.3. The molecule has 5 heteroatoms. The van der Waals surface area contributed by atoms with E-state index in [-0.39, 0.29) is 18.5 Å². The van der Waals surface area contributed by atoms with Crippen LogP contribution in [0.1, 0.15) is 329 Å². The number of carbonyl (C=O) groups excluding carboxylic acids is 2. The highest BCUT2D eigenvalue weighted by molar-refractivity contribution is 5.70. The van der Waals surface area contributed by atoms with Crippen LogP contribution in [-0.4, -0.2) is 37.9 Å². The van der Waals surface area contributed by atoms with Gasteiger partial charge < -0.3 is 14.2 Å². The van der Waals surface area contributed by atoms with Gasteiger partial charge in [-0.3, -0.25) is 9.59 Å². The number of hydrogen-bond acceptors (Lipinski definition) is 5. The molecule has 0 bridgehead atoms. The molecule has 0 spiro atoms. The Labute approximate surface area is 401 Å². The van der Waals surface area contributed by atoms with Gasteiger partial charge in [-0.2, -0.15) is 0 Å². The Hall–Kier alpha value is -1.36. The first-order valence-corrected chi connectivity index (χ1v) is 29.2. The Kier molecular flexibility index (Phi) is 54.8. The molecule has 0 saturated heterocycles. The highest BCUT2D eigenvalue weighted by atomic mass is 16.6. The van der Waals surface area contributed by atoms with E-state index in [0.717, 1.165) is 44.9 Å². The summed E-state index contributed by atoms with van der Waals surface area (Å²) in [5, 5.41) is 0. The van der Waals surface area contributed by atoms with Crippen molar-refractivity contribution in [3.8, 4) is 0 Å². The molecule has 0 saturated carbocycles. The van der Waals surface area contributed by atoms with Gasteiger partial charge in [-0.1, -0.05) is 290 Å². The lowest BCUT2D eigenvalue weighted by molar-refractivity contribution is -0.163. The standard InChI is InChI=1S/C59H114O5/c1-4-7-10-13-16-19-22-24-26-28-29-30-31-32-33-35-38-40-43-46-49-52-58(60)63-56-57(64-59(61)53-50-47-44-41-37-21-18-15-12-9-6-3)55-62-54-51-48-45-42-39-36-34-27-25-23-20-17-14-11-8-5-2/h15,18,57H,4-14,16-17,19-56H2,1-3H3/b18-15-/t57-/m1/s1. The van der Waals surface area contributed by atoms with Crippen molar-refractivity contribution >= 4 is 11.9 Å². The SMILES string of the molecule is CCCC/C=C\CCCCCCCC(=O)O[C@H](COCCCCCCCCCCCCCCCCCC)COC(=O)CCCCCCCCCCCCCCCCCCCCCCC. The summed E-state index contributed by atoms with van der Waals surface area (Å²) in [6, 6.07) is 0. The van der Waals surface area contributed by atoms with Gasteiger partial charge in [-0.25, -0.2) is 0 Å². The number of rotatable bonds is 55. The largest absolute Gasteiger partial charge is 0.462 e. The van der Waals surface area contributed by atoms with E-state index in [2.05, 4.69) is 32.9 Å². The molecule has 0 unspecified atom stereocenters. The zero-order valence-electron chi connectivity index (χ0n) is 43.8. The molecule has 0 aromatic rings. The van der Waals surface area contributed by atoms with E-state index in [1.165, 1.54) is 250 Å². The third-order valence-electron chi connectivity index (χ3n) is 13.3. The highest BCUT2D eigenvalue weighted by Gasteiger charge is 2.17. The average molecular weight is 904 g/mol. The molecule has 0 aliphatic carbocycles. The van der Waals surface area contributed by atoms with E-state index in [1.54, 1.807) is 0 Å². The molecule has 0 aromatic heterocycles. The first-order chi connectivity index (χ1) is 31.6. The van der Waals surface area contributed by atoms with Gasteiger partial charge in [-0.05, 0) is 38.5 Å². The lowest BCUT2D eigenvalue weighted by Crippen LogP contribution is -2.30. The predicted molar refractivity (Wildman–Crippen MR) is 279 cm³/mol. The van der Waals surface area contributed by atoms with Crippen molar-refractivity contribution in [2.24, 2.45) is 0 Å². The van der Waals surface area contributed by atoms with Gasteiger partial charge in [0.25, 0.3) is 0 Å². The fraction of sp³-hybridized carbons (Fsp3) is 0.932. The van der Waals surface area contributed by atoms with Crippen LogP contribution < -0.4 is 0 Å². The lowest BCUT2D eigenvalue weighted by Gasteiger charge is -2.18. The van der Waals surface area contributed by atoms with Gasteiger partial charge in [0, 0.05) is 19.4 Å². The molecule has 0 radical (unpaired) electrons. The van der Waals surface area contributed by atoms with Crippen LogP contribution in [0.5, 0.6) is 0 Å². The quantitative estimate of drug-likeness (QED) is 0.0346. The normalized spacial score (nSPS) is 12.1. The van der Waals surface area contributed by atoms with Crippen molar-refractivity contribution in [2.75, 3.05) is 19.8 Å². The summed E-state index contributed by atoms with van der Waals surface area (Å²) in [6.45, 7) is 7.87. The molecule has 0 N–H and O–H groups in total. The van der Waals surface area contributed by atoms with Crippen molar-refractivity contribution in [3.63, 3.8) is 0 Å². The molecule has 0 rings (SSSR count). The second kappa shape index (κ2) is 56.0. The van der Waals surface area contributed by atoms with Crippen LogP contribution in [0, 0.1) is 0 Å². The van der Waals surface area contributed by atoms with Crippen molar-refractivity contribution in [2.45, 2.75) is 335 Å². The van der Waals surface area contributed by atoms with Gasteiger partial charge in [0.1, 0.15) is 6.61 Å². The van der Waals surface area contributed by atoms with Gasteiger partial charge in [0.15, 0.2) is 6.10 Å². The fourth-order valence-electron chi connectivity index (χ4n) is 8.91. The second-order valence-electron chi connectivity index (χ2n) is 19.9. The van der Waals surface area contributed by atoms with Gasteiger partial charge in [0.2, 0.25) is 0 Å². The Morgan fingerprint density at radius 3 is 1.00 bits per heavy atom. The third kappa shape index (κ3) is 53.3. The maximum Gasteiger partial charge on any atom is 0.306 e. The summed E-state index contributed by atoms with van der Waals surface area (Å²) in [7, 11) is 0. The first-order valence-electron chi connectivity index (χ1n) is 29.2. The van der Waals surface area contributed by atoms with E-state index < -0.39 is 6.10 Å². The predicted octanol–water partition coefficient (Wildman–Crippen LogP) is 19.8. The molecule has 0 aliphatic heterocycles. The molecule has 0 heterocycles. The maximum atomic E-state index is 12.8. The van der Waals surface area contributed by atoms with E-state index in [0.29, 0.717) is 26.1 Å². The molecule has 5 nitrogen and oxygen atoms in total. The number of unbranched alkanes of at least 4 members (excludes halogenated alkanes) is 42. The van der Waals surface area contributed by atoms with Gasteiger partial charge in [-0.15, -0.1) is 0 Å². The Balaban J connectivity index is 4.11. The smallest absolute Gasteiger partial charge is 0.306 e. The molecule has 1 atom stereocenters. The van der Waals surface area contributed by atoms with Crippen molar-refractivity contribution < 1.29 is 23.8 Å². The summed E-state index contributed by atoms with van der Waals surface area (Å²) in [6.07, 6.45) is 65.3. The lowest BCUT2D eigenvalue weighted by atomic mass is 10.0. The van der Waals surface area contributed by atoms with Gasteiger partial charge >= 0.3 is 11.9 Å². The minimum Gasteiger partial charge on any atom is -0.462 e. The molecule has 0 fully saturated rings. The first kappa shape index (κ1) is 62.6. The van der Waals surface area contributed by atoms with Crippen LogP contribution in [0.15, 0.2) is 12.2 Å². The third-order valence-corrected chi connectivity index (χ3v) is 13.3. The van der Waals surface area contributed by atoms with E-state index in [4.69, 9.17) is 14.2 Å². The summed E-state index contributed by atoms with van der Waals surface area (Å²) in [4.78, 5) is 25.4. The molecular weight excluding hydrogens is 789 g/mol. The van der Waals surface area contributed by atoms with Crippen LogP contribution in [0.25, 0.3) is 0 Å². The highest BCUT2D eigenvalue weighted by Crippen LogP contribution is 2.17. The minimum absolute atomic E-state index is 0.0918. The van der Waals surface area contributed by atoms with Gasteiger partial charge in [0.05, 0.1) is 6.61 Å². The molecule has 0 aliphatic rings. The second-order valence-corrected chi connectivity index (χ2v) is 19.9. The molecule has 64 heavy (non-hydrogen) atoms. The summed E-state index contributed by atoms with van der Waals surface area (Å²) >= 11 is 0. The van der Waals surface area contributed by atoms with Crippen LogP contribution in [0.2, 0.25) is 0 Å². The monoisotopic (exact) mass is 903 g/mol. The number of ether oxygens (including phenoxy) is 3. The summed E-state index contributed by atoms with van der Waals surface area (Å²) < 4.78 is 17.5. The fourth-order valence-corrected chi connectivity index (χ4v) is 8.91. The van der Waals surface area contributed by atoms with E-state index in [1.807, 2.05) is 0 Å². The maximum absolute atomic E-state index is 12.8. The average Bonchev–Trinajstić information content (AvgIpc) is 3.30. The number of hydrogen-bond donors (Lipinski definition) is 0. The molecular formula is C59H114O5. The number of allylic oxidation sites excluding steroid dienone is 2. The van der Waals surface area contributed by atoms with Crippen molar-refractivity contribution in [3.05, 3.63) is 12.2 Å². The number of carbonyl (C=O) groups is 2. The topological polar surface area (TPSA) is 61.8 Å². The summed E-state index contributed by atoms with van der Waals surface area (Å²) in [5.74, 6) is -0.382. The van der Waals surface area contributed by atoms with E-state index >= 15 is 0 Å². The number of esters is 2. The molecule has 0 aromatic carbocycles. The van der Waals surface area contributed by atoms with Crippen molar-refractivity contribution in [1.29, 1.82) is 0 Å². The Morgan fingerprint density at radius 2 is 0.625 bits per heavy atom. The van der Waals surface area contributed by atoms with Crippen molar-refractivity contribution in [1.82, 2.24) is 0 Å². The van der Waals surface area contributed by atoms with Crippen LogP contribution in [0.4, 0.5) is 0 Å². The molecule has 380 valence electrons. The zero-order valence-corrected chi connectivity index (χ0v) is 43.8. The Bertz CT molecular complexity index is 932. The Morgan fingerprint density at radius 1 is 0.328 bits per heavy atom. The van der Waals surface area contributed by atoms with Crippen LogP contribution in [-0.2, 0) is 23.8 Å². The van der Waals surface area contributed by atoms with Crippen LogP contribution in [0.3, 0.4) is 0 Å². The van der Waals surface area contributed by atoms with E-state index in [9.17, 15) is 9.59 Å².